The van der Waals surface area contributed by atoms with Crippen LogP contribution in [0.4, 0.5) is 0 Å². The number of aryl methyl sites for hydroxylation is 2. The van der Waals surface area contributed by atoms with Crippen molar-refractivity contribution in [2.24, 2.45) is 5.92 Å². The molecule has 1 aliphatic carbocycles. The molecule has 1 aliphatic rings. The van der Waals surface area contributed by atoms with Crippen LogP contribution in [0.2, 0.25) is 0 Å². The maximum atomic E-state index is 12.3. The van der Waals surface area contributed by atoms with Crippen LogP contribution in [0.15, 0.2) is 16.6 Å². The summed E-state index contributed by atoms with van der Waals surface area (Å²) in [6.07, 6.45) is 1.89. The molecule has 1 saturated carbocycles. The number of amides is 1. The minimum absolute atomic E-state index is 0.0352. The molecular formula is C15H18BrNO3. The van der Waals surface area contributed by atoms with Crippen LogP contribution in [-0.2, 0) is 4.79 Å². The van der Waals surface area contributed by atoms with Crippen LogP contribution in [0.3, 0.4) is 0 Å². The Labute approximate surface area is 126 Å². The van der Waals surface area contributed by atoms with Gasteiger partial charge in [-0.1, -0.05) is 15.9 Å². The molecular weight excluding hydrogens is 322 g/mol. The quantitative estimate of drug-likeness (QED) is 0.889. The molecule has 1 aromatic rings. The van der Waals surface area contributed by atoms with Crippen molar-refractivity contribution in [3.8, 4) is 0 Å². The van der Waals surface area contributed by atoms with Gasteiger partial charge in [-0.05, 0) is 56.4 Å². The van der Waals surface area contributed by atoms with Gasteiger partial charge in [0.25, 0.3) is 5.91 Å². The van der Waals surface area contributed by atoms with Crippen LogP contribution < -0.4 is 5.32 Å². The van der Waals surface area contributed by atoms with Gasteiger partial charge in [0.15, 0.2) is 0 Å². The summed E-state index contributed by atoms with van der Waals surface area (Å²) in [5.74, 6) is -1.21. The van der Waals surface area contributed by atoms with E-state index >= 15 is 0 Å². The number of benzene rings is 1. The Morgan fingerprint density at radius 3 is 2.55 bits per heavy atom. The standard InChI is InChI=1S/C15H18BrNO3/c1-8-6-13(16)9(2)5-12(8)14(18)17-11-4-3-10(7-11)15(19)20/h5-6,10-11H,3-4,7H2,1-2H3,(H,17,18)(H,19,20)/t10-,11+/m1/s1. The minimum Gasteiger partial charge on any atom is -0.481 e. The summed E-state index contributed by atoms with van der Waals surface area (Å²) in [6.45, 7) is 3.84. The number of hydrogen-bond donors (Lipinski definition) is 2. The second kappa shape index (κ2) is 5.95. The third-order valence-corrected chi connectivity index (χ3v) is 4.72. The Morgan fingerprint density at radius 2 is 1.95 bits per heavy atom. The van der Waals surface area contributed by atoms with Gasteiger partial charge >= 0.3 is 5.97 Å². The van der Waals surface area contributed by atoms with Crippen molar-refractivity contribution in [3.05, 3.63) is 33.3 Å². The zero-order valence-electron chi connectivity index (χ0n) is 11.6. The molecule has 2 rings (SSSR count). The SMILES string of the molecule is Cc1cc(C(=O)N[C@H]2CC[C@@H](C(=O)O)C2)c(C)cc1Br. The monoisotopic (exact) mass is 339 g/mol. The molecule has 2 atom stereocenters. The summed E-state index contributed by atoms with van der Waals surface area (Å²) in [4.78, 5) is 23.2. The number of carboxylic acid groups (broad SMARTS) is 1. The van der Waals surface area contributed by atoms with E-state index in [1.165, 1.54) is 0 Å². The van der Waals surface area contributed by atoms with E-state index in [2.05, 4.69) is 21.2 Å². The van der Waals surface area contributed by atoms with Crippen LogP contribution in [0.25, 0.3) is 0 Å². The Morgan fingerprint density at radius 1 is 1.25 bits per heavy atom. The van der Waals surface area contributed by atoms with Crippen molar-refractivity contribution < 1.29 is 14.7 Å². The van der Waals surface area contributed by atoms with Gasteiger partial charge in [-0.3, -0.25) is 9.59 Å². The second-order valence-electron chi connectivity index (χ2n) is 5.43. The maximum absolute atomic E-state index is 12.3. The lowest BCUT2D eigenvalue weighted by Gasteiger charge is -2.14. The van der Waals surface area contributed by atoms with E-state index in [1.54, 1.807) is 0 Å². The highest BCUT2D eigenvalue weighted by molar-refractivity contribution is 9.10. The summed E-state index contributed by atoms with van der Waals surface area (Å²) in [6, 6.07) is 3.75. The smallest absolute Gasteiger partial charge is 0.306 e. The molecule has 20 heavy (non-hydrogen) atoms. The van der Waals surface area contributed by atoms with Gasteiger partial charge in [0.2, 0.25) is 0 Å². The van der Waals surface area contributed by atoms with Crippen LogP contribution in [-0.4, -0.2) is 23.0 Å². The fourth-order valence-corrected chi connectivity index (χ4v) is 3.08. The van der Waals surface area contributed by atoms with Crippen LogP contribution in [0, 0.1) is 19.8 Å². The van der Waals surface area contributed by atoms with E-state index in [0.29, 0.717) is 18.4 Å². The van der Waals surface area contributed by atoms with Gasteiger partial charge in [-0.15, -0.1) is 0 Å². The predicted molar refractivity (Wildman–Crippen MR) is 79.8 cm³/mol. The number of carbonyl (C=O) groups is 2. The number of carboxylic acids is 1. The molecule has 0 spiro atoms. The summed E-state index contributed by atoms with van der Waals surface area (Å²) in [5.41, 5.74) is 2.58. The highest BCUT2D eigenvalue weighted by Gasteiger charge is 2.30. The van der Waals surface area contributed by atoms with Crippen LogP contribution >= 0.6 is 15.9 Å². The summed E-state index contributed by atoms with van der Waals surface area (Å²) in [7, 11) is 0. The van der Waals surface area contributed by atoms with Gasteiger partial charge in [0.1, 0.15) is 0 Å². The van der Waals surface area contributed by atoms with Crippen molar-refractivity contribution in [2.45, 2.75) is 39.2 Å². The summed E-state index contributed by atoms with van der Waals surface area (Å²) < 4.78 is 0.985. The van der Waals surface area contributed by atoms with E-state index in [4.69, 9.17) is 5.11 Å². The van der Waals surface area contributed by atoms with E-state index in [0.717, 1.165) is 22.0 Å². The van der Waals surface area contributed by atoms with Crippen molar-refractivity contribution in [1.29, 1.82) is 0 Å². The number of rotatable bonds is 3. The molecule has 2 N–H and O–H groups in total. The molecule has 108 valence electrons. The Balaban J connectivity index is 2.06. The minimum atomic E-state index is -0.766. The zero-order valence-corrected chi connectivity index (χ0v) is 13.2. The van der Waals surface area contributed by atoms with Gasteiger partial charge in [0, 0.05) is 16.1 Å². The van der Waals surface area contributed by atoms with Crippen LogP contribution in [0.5, 0.6) is 0 Å². The normalized spacial score (nSPS) is 21.8. The first-order valence-electron chi connectivity index (χ1n) is 6.69. The van der Waals surface area contributed by atoms with Gasteiger partial charge in [-0.2, -0.15) is 0 Å². The third kappa shape index (κ3) is 3.20. The molecule has 0 bridgehead atoms. The third-order valence-electron chi connectivity index (χ3n) is 3.87. The average molecular weight is 340 g/mol. The van der Waals surface area contributed by atoms with Crippen molar-refractivity contribution in [2.75, 3.05) is 0 Å². The highest BCUT2D eigenvalue weighted by atomic mass is 79.9. The first-order valence-corrected chi connectivity index (χ1v) is 7.48. The molecule has 5 heteroatoms. The zero-order chi connectivity index (χ0) is 14.9. The topological polar surface area (TPSA) is 66.4 Å². The van der Waals surface area contributed by atoms with Gasteiger partial charge < -0.3 is 10.4 Å². The Hall–Kier alpha value is -1.36. The van der Waals surface area contributed by atoms with E-state index in [-0.39, 0.29) is 17.9 Å². The number of hydrogen-bond acceptors (Lipinski definition) is 2. The second-order valence-corrected chi connectivity index (χ2v) is 6.29. The van der Waals surface area contributed by atoms with Crippen molar-refractivity contribution in [1.82, 2.24) is 5.32 Å². The van der Waals surface area contributed by atoms with Crippen molar-refractivity contribution in [3.63, 3.8) is 0 Å². The molecule has 4 nitrogen and oxygen atoms in total. The molecule has 0 saturated heterocycles. The van der Waals surface area contributed by atoms with Crippen molar-refractivity contribution >= 4 is 27.8 Å². The lowest BCUT2D eigenvalue weighted by atomic mass is 10.0. The number of aliphatic carboxylic acids is 1. The Kier molecular flexibility index (Phi) is 4.48. The summed E-state index contributed by atoms with van der Waals surface area (Å²) in [5, 5.41) is 11.9. The van der Waals surface area contributed by atoms with E-state index in [1.807, 2.05) is 26.0 Å². The van der Waals surface area contributed by atoms with Gasteiger partial charge in [0.05, 0.1) is 5.92 Å². The number of nitrogens with one attached hydrogen (secondary N) is 1. The Bertz CT molecular complexity index is 556. The fourth-order valence-electron chi connectivity index (χ4n) is 2.63. The molecule has 1 aromatic carbocycles. The number of halogens is 1. The highest BCUT2D eigenvalue weighted by Crippen LogP contribution is 2.26. The average Bonchev–Trinajstić information content (AvgIpc) is 2.82. The fraction of sp³-hybridized carbons (Fsp3) is 0.467. The maximum Gasteiger partial charge on any atom is 0.306 e. The molecule has 0 heterocycles. The molecule has 0 aromatic heterocycles. The molecule has 0 unspecified atom stereocenters. The summed E-state index contributed by atoms with van der Waals surface area (Å²) >= 11 is 3.44. The molecule has 1 fully saturated rings. The van der Waals surface area contributed by atoms with E-state index in [9.17, 15) is 9.59 Å². The van der Waals surface area contributed by atoms with Crippen LogP contribution in [0.1, 0.15) is 40.7 Å². The predicted octanol–water partition coefficient (Wildman–Crippen LogP) is 3.05. The lowest BCUT2D eigenvalue weighted by Crippen LogP contribution is -2.33. The van der Waals surface area contributed by atoms with Gasteiger partial charge in [-0.25, -0.2) is 0 Å². The molecule has 0 aliphatic heterocycles. The van der Waals surface area contributed by atoms with E-state index < -0.39 is 5.97 Å². The first-order chi connectivity index (χ1) is 9.38. The first kappa shape index (κ1) is 15.0. The largest absolute Gasteiger partial charge is 0.481 e. The molecule has 1 amide bonds. The number of carbonyl (C=O) groups excluding carboxylic acids is 1. The lowest BCUT2D eigenvalue weighted by molar-refractivity contribution is -0.141. The molecule has 0 radical (unpaired) electrons.